The van der Waals surface area contributed by atoms with E-state index in [-0.39, 0.29) is 11.4 Å². The van der Waals surface area contributed by atoms with Crippen molar-refractivity contribution in [3.63, 3.8) is 0 Å². The van der Waals surface area contributed by atoms with Gasteiger partial charge in [0.2, 0.25) is 10.0 Å². The largest absolute Gasteiger partial charge is 0.444 e. The number of fused-ring (bicyclic) bond motifs is 2. The maximum absolute atomic E-state index is 12.8. The summed E-state index contributed by atoms with van der Waals surface area (Å²) in [6.45, 7) is 5.89. The van der Waals surface area contributed by atoms with E-state index in [1.165, 1.54) is 0 Å². The lowest BCUT2D eigenvalue weighted by Crippen LogP contribution is -2.29. The molecule has 1 heterocycles. The predicted octanol–water partition coefficient (Wildman–Crippen LogP) is 6.66. The third-order valence-corrected chi connectivity index (χ3v) is 7.79. The first kappa shape index (κ1) is 29.4. The van der Waals surface area contributed by atoms with Gasteiger partial charge in [-0.1, -0.05) is 24.3 Å². The summed E-state index contributed by atoms with van der Waals surface area (Å²) in [6.07, 6.45) is -3.09. The summed E-state index contributed by atoms with van der Waals surface area (Å²) in [5, 5.41) is 2.78. The van der Waals surface area contributed by atoms with Crippen molar-refractivity contribution in [1.29, 1.82) is 0 Å². The molecule has 2 N–H and O–H groups in total. The number of nitrogens with one attached hydrogen (secondary N) is 2. The third-order valence-electron chi connectivity index (χ3n) is 6.31. The second-order valence-corrected chi connectivity index (χ2v) is 12.3. The van der Waals surface area contributed by atoms with Crippen LogP contribution >= 0.6 is 0 Å². The molecular formula is C29H32F3N3O4S. The maximum Gasteiger partial charge on any atom is 0.416 e. The van der Waals surface area contributed by atoms with Gasteiger partial charge in [-0.2, -0.15) is 13.2 Å². The van der Waals surface area contributed by atoms with Crippen LogP contribution in [0.1, 0.15) is 43.9 Å². The molecule has 1 aliphatic heterocycles. The minimum absolute atomic E-state index is 0.0766. The average molecular weight is 576 g/mol. The van der Waals surface area contributed by atoms with Crippen LogP contribution in [0.15, 0.2) is 71.6 Å². The molecule has 4 rings (SSSR count). The zero-order chi connectivity index (χ0) is 29.1. The Hall–Kier alpha value is -3.57. The van der Waals surface area contributed by atoms with Gasteiger partial charge in [-0.3, -0.25) is 5.32 Å². The summed E-state index contributed by atoms with van der Waals surface area (Å²) < 4.78 is 71.7. The van der Waals surface area contributed by atoms with Gasteiger partial charge in [0.05, 0.1) is 10.5 Å². The van der Waals surface area contributed by atoms with Crippen molar-refractivity contribution in [1.82, 2.24) is 4.72 Å². The molecule has 0 spiro atoms. The van der Waals surface area contributed by atoms with E-state index in [0.29, 0.717) is 18.7 Å². The number of ether oxygens (including phenoxy) is 1. The molecule has 11 heteroatoms. The second kappa shape index (κ2) is 11.5. The van der Waals surface area contributed by atoms with Crippen molar-refractivity contribution in [2.24, 2.45) is 0 Å². The fourth-order valence-corrected chi connectivity index (χ4v) is 5.58. The highest BCUT2D eigenvalue weighted by molar-refractivity contribution is 7.89. The van der Waals surface area contributed by atoms with Crippen LogP contribution in [0.25, 0.3) is 0 Å². The van der Waals surface area contributed by atoms with Crippen LogP contribution in [-0.4, -0.2) is 33.2 Å². The van der Waals surface area contributed by atoms with Gasteiger partial charge in [0, 0.05) is 30.2 Å². The van der Waals surface area contributed by atoms with E-state index in [9.17, 15) is 26.4 Å². The number of rotatable bonds is 7. The fraction of sp³-hybridized carbons (Fsp3) is 0.345. The Labute approximate surface area is 232 Å². The number of halogens is 3. The fourth-order valence-electron chi connectivity index (χ4n) is 4.50. The average Bonchev–Trinajstić information content (AvgIpc) is 3.02. The maximum atomic E-state index is 12.8. The summed E-state index contributed by atoms with van der Waals surface area (Å²) in [7, 11) is -3.99. The molecule has 0 unspecified atom stereocenters. The van der Waals surface area contributed by atoms with Gasteiger partial charge in [0.1, 0.15) is 5.60 Å². The van der Waals surface area contributed by atoms with Gasteiger partial charge in [-0.05, 0) is 93.6 Å². The van der Waals surface area contributed by atoms with E-state index in [0.717, 1.165) is 59.6 Å². The van der Waals surface area contributed by atoms with Gasteiger partial charge in [0.25, 0.3) is 0 Å². The predicted molar refractivity (Wildman–Crippen MR) is 148 cm³/mol. The van der Waals surface area contributed by atoms with E-state index in [2.05, 4.69) is 21.0 Å². The molecule has 0 radical (unpaired) electrons. The lowest BCUT2D eigenvalue weighted by molar-refractivity contribution is -0.137. The number of carbonyl (C=O) groups excluding carboxylic acids is 1. The van der Waals surface area contributed by atoms with Gasteiger partial charge < -0.3 is 9.64 Å². The van der Waals surface area contributed by atoms with E-state index in [4.69, 9.17) is 4.74 Å². The van der Waals surface area contributed by atoms with Crippen molar-refractivity contribution in [3.8, 4) is 0 Å². The Balaban J connectivity index is 1.50. The van der Waals surface area contributed by atoms with Crippen molar-refractivity contribution < 1.29 is 31.1 Å². The summed E-state index contributed by atoms with van der Waals surface area (Å²) in [5.74, 6) is 0. The summed E-state index contributed by atoms with van der Waals surface area (Å²) in [5.41, 5.74) is 3.12. The molecule has 0 saturated heterocycles. The zero-order valence-electron chi connectivity index (χ0n) is 22.5. The molecule has 1 amide bonds. The van der Waals surface area contributed by atoms with Crippen LogP contribution in [0.4, 0.5) is 35.0 Å². The first-order valence-corrected chi connectivity index (χ1v) is 14.4. The number of benzene rings is 3. The van der Waals surface area contributed by atoms with Crippen LogP contribution in [0.5, 0.6) is 0 Å². The molecule has 0 fully saturated rings. The molecule has 40 heavy (non-hydrogen) atoms. The Morgan fingerprint density at radius 2 is 1.57 bits per heavy atom. The Kier molecular flexibility index (Phi) is 8.46. The standard InChI is InChI=1S/C29H32F3N3O4S/c1-28(2,3)39-27(36)34-23-14-11-21-10-9-20-7-4-5-8-25(20)35(26(21)19-23)18-6-17-33-40(37,38)24-15-12-22(13-16-24)29(30,31)32/h4-5,7-8,11-16,19,33H,6,9-10,17-18H2,1-3H3,(H,34,36). The molecular weight excluding hydrogens is 543 g/mol. The zero-order valence-corrected chi connectivity index (χ0v) is 23.3. The van der Waals surface area contributed by atoms with E-state index < -0.39 is 33.5 Å². The monoisotopic (exact) mass is 575 g/mol. The van der Waals surface area contributed by atoms with Crippen LogP contribution in [0.2, 0.25) is 0 Å². The molecule has 214 valence electrons. The molecule has 3 aromatic rings. The molecule has 0 saturated carbocycles. The smallest absolute Gasteiger partial charge is 0.416 e. The lowest BCUT2D eigenvalue weighted by Gasteiger charge is -2.28. The van der Waals surface area contributed by atoms with E-state index >= 15 is 0 Å². The highest BCUT2D eigenvalue weighted by Gasteiger charge is 2.30. The van der Waals surface area contributed by atoms with Gasteiger partial charge in [-0.25, -0.2) is 17.9 Å². The first-order chi connectivity index (χ1) is 18.7. The molecule has 1 aliphatic rings. The van der Waals surface area contributed by atoms with Crippen LogP contribution in [0.3, 0.4) is 0 Å². The van der Waals surface area contributed by atoms with Gasteiger partial charge in [0.15, 0.2) is 0 Å². The first-order valence-electron chi connectivity index (χ1n) is 12.9. The minimum Gasteiger partial charge on any atom is -0.444 e. The number of alkyl halides is 3. The Morgan fingerprint density at radius 1 is 0.925 bits per heavy atom. The van der Waals surface area contributed by atoms with Crippen LogP contribution < -0.4 is 14.9 Å². The third kappa shape index (κ3) is 7.33. The highest BCUT2D eigenvalue weighted by Crippen LogP contribution is 2.37. The van der Waals surface area contributed by atoms with E-state index in [1.807, 2.05) is 36.4 Å². The lowest BCUT2D eigenvalue weighted by atomic mass is 10.0. The topological polar surface area (TPSA) is 87.7 Å². The van der Waals surface area contributed by atoms with Crippen molar-refractivity contribution in [2.45, 2.75) is 56.7 Å². The van der Waals surface area contributed by atoms with E-state index in [1.54, 1.807) is 20.8 Å². The second-order valence-electron chi connectivity index (χ2n) is 10.5. The van der Waals surface area contributed by atoms with Crippen LogP contribution in [-0.2, 0) is 33.8 Å². The highest BCUT2D eigenvalue weighted by atomic mass is 32.2. The number of hydrogen-bond acceptors (Lipinski definition) is 5. The van der Waals surface area contributed by atoms with Crippen LogP contribution in [0, 0.1) is 0 Å². The normalized spacial score (nSPS) is 13.7. The summed E-state index contributed by atoms with van der Waals surface area (Å²) in [6, 6.07) is 17.1. The molecule has 0 aliphatic carbocycles. The minimum atomic E-state index is -4.54. The number of carbonyl (C=O) groups is 1. The molecule has 0 atom stereocenters. The summed E-state index contributed by atoms with van der Waals surface area (Å²) in [4.78, 5) is 14.2. The number of anilines is 3. The Morgan fingerprint density at radius 3 is 2.23 bits per heavy atom. The molecule has 3 aromatic carbocycles. The molecule has 0 bridgehead atoms. The SMILES string of the molecule is CC(C)(C)OC(=O)Nc1ccc2c(c1)N(CCCNS(=O)(=O)c1ccc(C(F)(F)F)cc1)c1ccccc1CC2. The summed E-state index contributed by atoms with van der Waals surface area (Å²) >= 11 is 0. The van der Waals surface area contributed by atoms with Crippen molar-refractivity contribution in [2.75, 3.05) is 23.3 Å². The molecule has 7 nitrogen and oxygen atoms in total. The number of nitrogens with zero attached hydrogens (tertiary/aromatic N) is 1. The van der Waals surface area contributed by atoms with Gasteiger partial charge in [-0.15, -0.1) is 0 Å². The quantitative estimate of drug-likeness (QED) is 0.308. The van der Waals surface area contributed by atoms with Crippen molar-refractivity contribution in [3.05, 3.63) is 83.4 Å². The number of hydrogen-bond donors (Lipinski definition) is 2. The molecule has 0 aromatic heterocycles. The Bertz CT molecular complexity index is 1470. The number of aryl methyl sites for hydroxylation is 2. The van der Waals surface area contributed by atoms with Crippen molar-refractivity contribution >= 4 is 33.2 Å². The van der Waals surface area contributed by atoms with Gasteiger partial charge >= 0.3 is 12.3 Å². The number of amides is 1. The number of para-hydroxylation sites is 1. The number of sulfonamides is 1.